The quantitative estimate of drug-likeness (QED) is 0.165. The zero-order chi connectivity index (χ0) is 19.3. The summed E-state index contributed by atoms with van der Waals surface area (Å²) in [5, 5.41) is 0. The van der Waals surface area contributed by atoms with Gasteiger partial charge >= 0.3 is 5.97 Å². The Morgan fingerprint density at radius 1 is 1.16 bits per heavy atom. The zero-order valence-corrected chi connectivity index (χ0v) is 16.4. The molecule has 0 aromatic rings. The summed E-state index contributed by atoms with van der Waals surface area (Å²) >= 11 is 0. The highest BCUT2D eigenvalue weighted by Gasteiger charge is 2.25. The third kappa shape index (κ3) is 11.9. The lowest BCUT2D eigenvalue weighted by Gasteiger charge is -2.26. The average molecular weight is 358 g/mol. The van der Waals surface area contributed by atoms with E-state index in [-0.39, 0.29) is 24.8 Å². The maximum absolute atomic E-state index is 11.6. The number of hydrogen-bond acceptors (Lipinski definition) is 6. The lowest BCUT2D eigenvalue weighted by Crippen LogP contribution is -2.36. The van der Waals surface area contributed by atoms with Crippen LogP contribution >= 0.6 is 0 Å². The summed E-state index contributed by atoms with van der Waals surface area (Å²) in [4.78, 5) is 22.7. The molecule has 6 nitrogen and oxygen atoms in total. The van der Waals surface area contributed by atoms with Crippen molar-refractivity contribution in [2.75, 3.05) is 21.0 Å². The minimum Gasteiger partial charge on any atom is -0.460 e. The van der Waals surface area contributed by atoms with E-state index in [2.05, 4.69) is 0 Å². The molecule has 0 fully saturated rings. The van der Waals surface area contributed by atoms with E-state index in [9.17, 15) is 9.59 Å². The van der Waals surface area contributed by atoms with Crippen LogP contribution in [0.5, 0.6) is 0 Å². The van der Waals surface area contributed by atoms with Gasteiger partial charge in [0.1, 0.15) is 24.8 Å². The first kappa shape index (κ1) is 23.8. The van der Waals surface area contributed by atoms with Gasteiger partial charge in [0.2, 0.25) is 0 Å². The second-order valence-electron chi connectivity index (χ2n) is 6.99. The summed E-state index contributed by atoms with van der Waals surface area (Å²) in [6, 6.07) is 0. The summed E-state index contributed by atoms with van der Waals surface area (Å²) in [6.45, 7) is 7.48. The molecule has 0 unspecified atom stereocenters. The Labute approximate surface area is 151 Å². The molecule has 0 aliphatic carbocycles. The van der Waals surface area contributed by atoms with Gasteiger partial charge in [-0.2, -0.15) is 0 Å². The van der Waals surface area contributed by atoms with Crippen molar-refractivity contribution in [3.63, 3.8) is 0 Å². The fourth-order valence-corrected chi connectivity index (χ4v) is 2.25. The molecule has 0 saturated heterocycles. The van der Waals surface area contributed by atoms with Gasteiger partial charge in [-0.3, -0.25) is 4.79 Å². The number of ether oxygens (including phenoxy) is 4. The second kappa shape index (κ2) is 13.0. The molecular formula is C19H34O6. The van der Waals surface area contributed by atoms with Crippen molar-refractivity contribution >= 4 is 12.3 Å². The molecule has 0 saturated carbocycles. The Hall–Kier alpha value is -1.24. The van der Waals surface area contributed by atoms with Gasteiger partial charge < -0.3 is 23.7 Å². The number of unbranched alkanes of at least 4 members (excludes halogenated alkanes) is 2. The minimum atomic E-state index is -0.435. The molecule has 146 valence electrons. The Balaban J connectivity index is 4.28. The van der Waals surface area contributed by atoms with Gasteiger partial charge in [-0.15, -0.1) is 0 Å². The summed E-state index contributed by atoms with van der Waals surface area (Å²) in [7, 11) is 3.11. The Bertz CT molecular complexity index is 399. The van der Waals surface area contributed by atoms with Gasteiger partial charge in [-0.25, -0.2) is 0 Å². The van der Waals surface area contributed by atoms with Crippen molar-refractivity contribution in [2.45, 2.75) is 71.2 Å². The standard InChI is InChI=1S/C19H34O6/c1-15(13-20)18(24-14-22-5)16(23-6)11-9-7-8-10-12-17(21)25-19(2,3)4/h9,11,13,15-16,18H,7-8,10,12,14H2,1-6H3/b11-9+/t15-,16+,18+/m1/s1. The van der Waals surface area contributed by atoms with Crippen LogP contribution in [0, 0.1) is 5.92 Å². The van der Waals surface area contributed by atoms with Crippen LogP contribution in [-0.2, 0) is 28.5 Å². The first-order chi connectivity index (χ1) is 11.7. The molecule has 0 heterocycles. The zero-order valence-electron chi connectivity index (χ0n) is 16.4. The maximum atomic E-state index is 11.6. The highest BCUT2D eigenvalue weighted by atomic mass is 16.7. The van der Waals surface area contributed by atoms with Crippen LogP contribution in [0.3, 0.4) is 0 Å². The number of carbonyl (C=O) groups is 2. The van der Waals surface area contributed by atoms with Crippen molar-refractivity contribution in [3.8, 4) is 0 Å². The van der Waals surface area contributed by atoms with Gasteiger partial charge in [0.15, 0.2) is 0 Å². The van der Waals surface area contributed by atoms with Gasteiger partial charge in [-0.1, -0.05) is 19.1 Å². The largest absolute Gasteiger partial charge is 0.460 e. The molecule has 0 aliphatic heterocycles. The first-order valence-electron chi connectivity index (χ1n) is 8.72. The van der Waals surface area contributed by atoms with Crippen LogP contribution < -0.4 is 0 Å². The summed E-state index contributed by atoms with van der Waals surface area (Å²) < 4.78 is 21.2. The molecular weight excluding hydrogens is 324 g/mol. The SMILES string of the molecule is COCO[C@@H]([C@H](C)C=O)[C@H](/C=C/CCCCC(=O)OC(C)(C)C)OC. The Morgan fingerprint density at radius 3 is 2.36 bits per heavy atom. The van der Waals surface area contributed by atoms with Crippen LogP contribution in [0.1, 0.15) is 53.4 Å². The molecule has 0 radical (unpaired) electrons. The van der Waals surface area contributed by atoms with Gasteiger partial charge in [0, 0.05) is 26.6 Å². The van der Waals surface area contributed by atoms with E-state index >= 15 is 0 Å². The number of hydrogen-bond donors (Lipinski definition) is 0. The third-order valence-corrected chi connectivity index (χ3v) is 3.45. The lowest BCUT2D eigenvalue weighted by atomic mass is 10.00. The van der Waals surface area contributed by atoms with Crippen molar-refractivity contribution in [2.24, 2.45) is 5.92 Å². The normalized spacial score (nSPS) is 15.8. The van der Waals surface area contributed by atoms with Gasteiger partial charge in [0.25, 0.3) is 0 Å². The van der Waals surface area contributed by atoms with Gasteiger partial charge in [-0.05, 0) is 40.0 Å². The van der Waals surface area contributed by atoms with Crippen LogP contribution in [0.2, 0.25) is 0 Å². The third-order valence-electron chi connectivity index (χ3n) is 3.45. The number of methoxy groups -OCH3 is 2. The van der Waals surface area contributed by atoms with Crippen molar-refractivity contribution < 1.29 is 28.5 Å². The molecule has 0 aromatic heterocycles. The van der Waals surface area contributed by atoms with Crippen molar-refractivity contribution in [3.05, 3.63) is 12.2 Å². The van der Waals surface area contributed by atoms with Gasteiger partial charge in [0.05, 0.1) is 6.10 Å². The average Bonchev–Trinajstić information content (AvgIpc) is 2.53. The minimum absolute atomic E-state index is 0.104. The Kier molecular flexibility index (Phi) is 12.4. The van der Waals surface area contributed by atoms with Crippen molar-refractivity contribution in [1.82, 2.24) is 0 Å². The van der Waals surface area contributed by atoms with E-state index in [0.717, 1.165) is 25.5 Å². The lowest BCUT2D eigenvalue weighted by molar-refractivity contribution is -0.154. The van der Waals surface area contributed by atoms with E-state index < -0.39 is 11.7 Å². The number of esters is 1. The fourth-order valence-electron chi connectivity index (χ4n) is 2.25. The first-order valence-corrected chi connectivity index (χ1v) is 8.72. The molecule has 0 bridgehead atoms. The highest BCUT2D eigenvalue weighted by Crippen LogP contribution is 2.15. The fraction of sp³-hybridized carbons (Fsp3) is 0.789. The molecule has 0 spiro atoms. The van der Waals surface area contributed by atoms with E-state index in [1.807, 2.05) is 32.9 Å². The van der Waals surface area contributed by atoms with Crippen molar-refractivity contribution in [1.29, 1.82) is 0 Å². The predicted octanol–water partition coefficient (Wildman–Crippen LogP) is 3.28. The molecule has 6 heteroatoms. The van der Waals surface area contributed by atoms with E-state index in [0.29, 0.717) is 6.42 Å². The summed E-state index contributed by atoms with van der Waals surface area (Å²) in [6.07, 6.45) is 6.88. The highest BCUT2D eigenvalue weighted by molar-refractivity contribution is 5.69. The summed E-state index contributed by atoms with van der Waals surface area (Å²) in [5.74, 6) is -0.476. The molecule has 0 amide bonds. The van der Waals surface area contributed by atoms with E-state index in [1.165, 1.54) is 7.11 Å². The topological polar surface area (TPSA) is 71.1 Å². The predicted molar refractivity (Wildman–Crippen MR) is 96.2 cm³/mol. The summed E-state index contributed by atoms with van der Waals surface area (Å²) in [5.41, 5.74) is -0.435. The maximum Gasteiger partial charge on any atom is 0.306 e. The number of carbonyl (C=O) groups excluding carboxylic acids is 2. The number of aldehydes is 1. The molecule has 0 aliphatic rings. The molecule has 0 N–H and O–H groups in total. The van der Waals surface area contributed by atoms with Crippen LogP contribution in [0.15, 0.2) is 12.2 Å². The number of rotatable bonds is 13. The van der Waals surface area contributed by atoms with E-state index in [1.54, 1.807) is 14.0 Å². The van der Waals surface area contributed by atoms with Crippen LogP contribution in [0.25, 0.3) is 0 Å². The second-order valence-corrected chi connectivity index (χ2v) is 6.99. The molecule has 0 aromatic carbocycles. The molecule has 0 rings (SSSR count). The molecule has 25 heavy (non-hydrogen) atoms. The Morgan fingerprint density at radius 2 is 1.84 bits per heavy atom. The van der Waals surface area contributed by atoms with E-state index in [4.69, 9.17) is 18.9 Å². The monoisotopic (exact) mass is 358 g/mol. The van der Waals surface area contributed by atoms with Crippen LogP contribution in [-0.4, -0.2) is 51.1 Å². The number of allylic oxidation sites excluding steroid dienone is 1. The van der Waals surface area contributed by atoms with Crippen LogP contribution in [0.4, 0.5) is 0 Å². The molecule has 3 atom stereocenters. The smallest absolute Gasteiger partial charge is 0.306 e.